The number of hydrogen-bond donors (Lipinski definition) is 2. The SMILES string of the molecule is CCC(C)NC(=NC)NCc1cc(-c2ccccc2)no1. The van der Waals surface area contributed by atoms with Crippen LogP contribution in [-0.4, -0.2) is 24.2 Å². The first-order chi connectivity index (χ1) is 10.2. The number of aliphatic imine (C=N–C) groups is 1. The van der Waals surface area contributed by atoms with E-state index in [-0.39, 0.29) is 0 Å². The van der Waals surface area contributed by atoms with Gasteiger partial charge in [0.05, 0.1) is 6.54 Å². The lowest BCUT2D eigenvalue weighted by molar-refractivity contribution is 0.381. The third-order valence-electron chi connectivity index (χ3n) is 3.28. The minimum atomic E-state index is 0.380. The van der Waals surface area contributed by atoms with E-state index in [2.05, 4.69) is 34.6 Å². The fourth-order valence-electron chi connectivity index (χ4n) is 1.84. The molecule has 0 aliphatic rings. The van der Waals surface area contributed by atoms with Crippen molar-refractivity contribution in [1.29, 1.82) is 0 Å². The van der Waals surface area contributed by atoms with Crippen molar-refractivity contribution in [3.8, 4) is 11.3 Å². The Hall–Kier alpha value is -2.30. The van der Waals surface area contributed by atoms with Crippen LogP contribution in [0, 0.1) is 0 Å². The van der Waals surface area contributed by atoms with Gasteiger partial charge in [0.25, 0.3) is 0 Å². The number of nitrogens with one attached hydrogen (secondary N) is 2. The monoisotopic (exact) mass is 286 g/mol. The molecule has 0 amide bonds. The molecule has 0 bridgehead atoms. The van der Waals surface area contributed by atoms with Crippen LogP contribution in [0.25, 0.3) is 11.3 Å². The van der Waals surface area contributed by atoms with Gasteiger partial charge in [-0.25, -0.2) is 0 Å². The van der Waals surface area contributed by atoms with Crippen LogP contribution in [0.15, 0.2) is 45.9 Å². The molecule has 5 nitrogen and oxygen atoms in total. The maximum absolute atomic E-state index is 5.35. The summed E-state index contributed by atoms with van der Waals surface area (Å²) >= 11 is 0. The Kier molecular flexibility index (Phi) is 5.37. The smallest absolute Gasteiger partial charge is 0.191 e. The van der Waals surface area contributed by atoms with Crippen molar-refractivity contribution >= 4 is 5.96 Å². The van der Waals surface area contributed by atoms with E-state index in [1.165, 1.54) is 0 Å². The van der Waals surface area contributed by atoms with Gasteiger partial charge in [0, 0.05) is 24.7 Å². The summed E-state index contributed by atoms with van der Waals surface area (Å²) in [7, 11) is 1.76. The molecule has 1 atom stereocenters. The van der Waals surface area contributed by atoms with Gasteiger partial charge in [-0.05, 0) is 13.3 Å². The first kappa shape index (κ1) is 15.1. The number of guanidine groups is 1. The average molecular weight is 286 g/mol. The summed E-state index contributed by atoms with van der Waals surface area (Å²) in [6.45, 7) is 4.80. The summed E-state index contributed by atoms with van der Waals surface area (Å²) in [4.78, 5) is 4.19. The first-order valence-corrected chi connectivity index (χ1v) is 7.21. The van der Waals surface area contributed by atoms with E-state index < -0.39 is 0 Å². The van der Waals surface area contributed by atoms with E-state index in [1.54, 1.807) is 7.05 Å². The lowest BCUT2D eigenvalue weighted by Crippen LogP contribution is -2.41. The summed E-state index contributed by atoms with van der Waals surface area (Å²) in [5.74, 6) is 1.54. The summed E-state index contributed by atoms with van der Waals surface area (Å²) < 4.78 is 5.35. The molecule has 1 unspecified atom stereocenters. The number of benzene rings is 1. The Bertz CT molecular complexity index is 577. The normalized spacial score (nSPS) is 13.0. The van der Waals surface area contributed by atoms with Gasteiger partial charge in [0.2, 0.25) is 0 Å². The molecule has 21 heavy (non-hydrogen) atoms. The molecular formula is C16H22N4O. The Morgan fingerprint density at radius 3 is 2.76 bits per heavy atom. The minimum Gasteiger partial charge on any atom is -0.359 e. The molecule has 2 N–H and O–H groups in total. The summed E-state index contributed by atoms with van der Waals surface area (Å²) in [5.41, 5.74) is 1.90. The molecule has 1 aromatic carbocycles. The lowest BCUT2D eigenvalue weighted by Gasteiger charge is -2.15. The third-order valence-corrected chi connectivity index (χ3v) is 3.28. The van der Waals surface area contributed by atoms with Crippen LogP contribution in [0.5, 0.6) is 0 Å². The first-order valence-electron chi connectivity index (χ1n) is 7.21. The molecule has 0 aliphatic carbocycles. The van der Waals surface area contributed by atoms with Crippen LogP contribution in [0.2, 0.25) is 0 Å². The lowest BCUT2D eigenvalue weighted by atomic mass is 10.1. The number of aromatic nitrogens is 1. The molecule has 2 rings (SSSR count). The summed E-state index contributed by atoms with van der Waals surface area (Å²) in [6.07, 6.45) is 1.04. The maximum atomic E-state index is 5.35. The van der Waals surface area contributed by atoms with E-state index in [0.29, 0.717) is 12.6 Å². The van der Waals surface area contributed by atoms with Gasteiger partial charge in [-0.2, -0.15) is 0 Å². The van der Waals surface area contributed by atoms with E-state index in [9.17, 15) is 0 Å². The van der Waals surface area contributed by atoms with Gasteiger partial charge >= 0.3 is 0 Å². The second-order valence-corrected chi connectivity index (χ2v) is 4.92. The Labute approximate surface area is 125 Å². The fourth-order valence-corrected chi connectivity index (χ4v) is 1.84. The maximum Gasteiger partial charge on any atom is 0.191 e. The van der Waals surface area contributed by atoms with Crippen LogP contribution >= 0.6 is 0 Å². The van der Waals surface area contributed by atoms with Crippen molar-refractivity contribution in [2.45, 2.75) is 32.9 Å². The second-order valence-electron chi connectivity index (χ2n) is 4.92. The molecule has 0 fully saturated rings. The minimum absolute atomic E-state index is 0.380. The highest BCUT2D eigenvalue weighted by molar-refractivity contribution is 5.79. The predicted octanol–water partition coefficient (Wildman–Crippen LogP) is 2.81. The van der Waals surface area contributed by atoms with Crippen LogP contribution < -0.4 is 10.6 Å². The van der Waals surface area contributed by atoms with Crippen LogP contribution in [-0.2, 0) is 6.54 Å². The number of nitrogens with zero attached hydrogens (tertiary/aromatic N) is 2. The van der Waals surface area contributed by atoms with Gasteiger partial charge in [-0.15, -0.1) is 0 Å². The van der Waals surface area contributed by atoms with Gasteiger partial charge < -0.3 is 15.2 Å². The highest BCUT2D eigenvalue weighted by Gasteiger charge is 2.08. The van der Waals surface area contributed by atoms with Crippen molar-refractivity contribution in [2.75, 3.05) is 7.05 Å². The summed E-state index contributed by atoms with van der Waals surface area (Å²) in [6, 6.07) is 12.3. The van der Waals surface area contributed by atoms with Crippen molar-refractivity contribution in [3.63, 3.8) is 0 Å². The van der Waals surface area contributed by atoms with Crippen molar-refractivity contribution in [3.05, 3.63) is 42.2 Å². The Morgan fingerprint density at radius 1 is 1.33 bits per heavy atom. The van der Waals surface area contributed by atoms with Crippen LogP contribution in [0.4, 0.5) is 0 Å². The van der Waals surface area contributed by atoms with Crippen molar-refractivity contribution in [1.82, 2.24) is 15.8 Å². The van der Waals surface area contributed by atoms with Crippen LogP contribution in [0.1, 0.15) is 26.0 Å². The molecule has 0 spiro atoms. The van der Waals surface area contributed by atoms with Crippen molar-refractivity contribution < 1.29 is 4.52 Å². The summed E-state index contributed by atoms with van der Waals surface area (Å²) in [5, 5.41) is 10.6. The third kappa shape index (κ3) is 4.34. The van der Waals surface area contributed by atoms with Gasteiger partial charge in [0.15, 0.2) is 11.7 Å². The molecule has 1 aromatic heterocycles. The quantitative estimate of drug-likeness (QED) is 0.655. The molecule has 1 heterocycles. The van der Waals surface area contributed by atoms with Gasteiger partial charge in [-0.1, -0.05) is 42.4 Å². The highest BCUT2D eigenvalue weighted by Crippen LogP contribution is 2.18. The van der Waals surface area contributed by atoms with Crippen molar-refractivity contribution in [2.24, 2.45) is 4.99 Å². The molecule has 0 saturated heterocycles. The Balaban J connectivity index is 1.94. The van der Waals surface area contributed by atoms with E-state index in [0.717, 1.165) is 29.4 Å². The molecule has 0 saturated carbocycles. The van der Waals surface area contributed by atoms with E-state index in [1.807, 2.05) is 36.4 Å². The molecule has 0 radical (unpaired) electrons. The topological polar surface area (TPSA) is 62.5 Å². The molecule has 5 heteroatoms. The highest BCUT2D eigenvalue weighted by atomic mass is 16.5. The second kappa shape index (κ2) is 7.47. The van der Waals surface area contributed by atoms with E-state index >= 15 is 0 Å². The van der Waals surface area contributed by atoms with Gasteiger partial charge in [0.1, 0.15) is 5.69 Å². The van der Waals surface area contributed by atoms with Crippen LogP contribution in [0.3, 0.4) is 0 Å². The average Bonchev–Trinajstić information content (AvgIpc) is 3.01. The molecule has 112 valence electrons. The fraction of sp³-hybridized carbons (Fsp3) is 0.375. The number of rotatable bonds is 5. The zero-order valence-electron chi connectivity index (χ0n) is 12.8. The largest absolute Gasteiger partial charge is 0.359 e. The Morgan fingerprint density at radius 2 is 2.10 bits per heavy atom. The molecule has 2 aromatic rings. The number of hydrogen-bond acceptors (Lipinski definition) is 3. The predicted molar refractivity (Wildman–Crippen MR) is 85.0 cm³/mol. The van der Waals surface area contributed by atoms with Gasteiger partial charge in [-0.3, -0.25) is 4.99 Å². The zero-order valence-corrected chi connectivity index (χ0v) is 12.8. The molecular weight excluding hydrogens is 264 g/mol. The molecule has 0 aliphatic heterocycles. The standard InChI is InChI=1S/C16H22N4O/c1-4-12(2)19-16(17-3)18-11-14-10-15(20-21-14)13-8-6-5-7-9-13/h5-10,12H,4,11H2,1-3H3,(H2,17,18,19). The zero-order chi connectivity index (χ0) is 15.1. The van der Waals surface area contributed by atoms with E-state index in [4.69, 9.17) is 4.52 Å².